The molecule has 0 saturated carbocycles. The summed E-state index contributed by atoms with van der Waals surface area (Å²) in [6.45, 7) is 2.75. The molecule has 0 unspecified atom stereocenters. The summed E-state index contributed by atoms with van der Waals surface area (Å²) in [4.78, 5) is 47.4. The van der Waals surface area contributed by atoms with Crippen LogP contribution in [0.4, 0.5) is 17.6 Å². The van der Waals surface area contributed by atoms with E-state index < -0.39 is 65.1 Å². The van der Waals surface area contributed by atoms with Crippen LogP contribution in [-0.2, 0) is 22.7 Å². The molecule has 0 fully saturated rings. The van der Waals surface area contributed by atoms with Crippen molar-refractivity contribution in [1.82, 2.24) is 0 Å². The van der Waals surface area contributed by atoms with Gasteiger partial charge < -0.3 is 30.4 Å². The van der Waals surface area contributed by atoms with Gasteiger partial charge in [-0.2, -0.15) is 5.26 Å². The molecule has 59 heavy (non-hydrogen) atoms. The number of nitriles is 1. The summed E-state index contributed by atoms with van der Waals surface area (Å²) in [5.41, 5.74) is 10.2. The molecule has 6 rings (SSSR count). The highest BCUT2D eigenvalue weighted by Gasteiger charge is 2.26. The van der Waals surface area contributed by atoms with Gasteiger partial charge in [-0.05, 0) is 78.3 Å². The molecule has 20 heteroatoms. The van der Waals surface area contributed by atoms with E-state index in [4.69, 9.17) is 53.6 Å². The minimum atomic E-state index is -1.13. The average molecular weight is 956 g/mol. The molecule has 0 saturated heterocycles. The smallest absolute Gasteiger partial charge is 0.348 e. The van der Waals surface area contributed by atoms with Crippen molar-refractivity contribution in [2.24, 2.45) is 11.5 Å². The van der Waals surface area contributed by atoms with Crippen molar-refractivity contribution in [3.63, 3.8) is 0 Å². The Balaban J connectivity index is 0.000000224. The molecule has 0 bridgehead atoms. The van der Waals surface area contributed by atoms with Gasteiger partial charge in [0.05, 0.1) is 28.2 Å². The number of benzene rings is 4. The summed E-state index contributed by atoms with van der Waals surface area (Å²) in [6.07, 6.45) is 0. The minimum absolute atomic E-state index is 0.101. The molecule has 2 amide bonds. The largest absolute Gasteiger partial charge is 0.483 e. The molecule has 0 spiro atoms. The summed E-state index contributed by atoms with van der Waals surface area (Å²) < 4.78 is 79.6. The number of primary amides is 2. The van der Waals surface area contributed by atoms with E-state index in [1.165, 1.54) is 12.1 Å². The third-order valence-corrected chi connectivity index (χ3v) is 12.1. The summed E-state index contributed by atoms with van der Waals surface area (Å²) in [5, 5.41) is 10.8. The Hall–Kier alpha value is -5.45. The predicted octanol–water partition coefficient (Wildman–Crippen LogP) is 10.0. The minimum Gasteiger partial charge on any atom is -0.483 e. The highest BCUT2D eigenvalue weighted by atomic mass is 79.9. The maximum absolute atomic E-state index is 14.3. The molecule has 2 heterocycles. The number of hydrogen-bond donors (Lipinski definition) is 2. The molecular weight excluding hydrogens is 929 g/mol. The number of ether oxygens (including phenoxy) is 4. The van der Waals surface area contributed by atoms with Gasteiger partial charge in [-0.1, -0.05) is 23.2 Å². The number of carbonyl (C=O) groups excluding carboxylic acids is 4. The van der Waals surface area contributed by atoms with Crippen LogP contribution >= 0.6 is 61.8 Å². The third-order valence-electron chi connectivity index (χ3n) is 8.06. The Morgan fingerprint density at radius 1 is 0.695 bits per heavy atom. The van der Waals surface area contributed by atoms with E-state index in [0.717, 1.165) is 46.9 Å². The fourth-order valence-corrected chi connectivity index (χ4v) is 9.02. The van der Waals surface area contributed by atoms with Crippen molar-refractivity contribution >= 4 is 106 Å². The Kier molecular flexibility index (Phi) is 14.4. The van der Waals surface area contributed by atoms with Gasteiger partial charge in [0.25, 0.3) is 0 Å². The maximum Gasteiger partial charge on any atom is 0.348 e. The number of nitrogens with two attached hydrogens (primary N) is 2. The molecule has 0 aliphatic rings. The van der Waals surface area contributed by atoms with Gasteiger partial charge in [-0.15, -0.1) is 22.7 Å². The van der Waals surface area contributed by atoms with E-state index in [0.29, 0.717) is 35.2 Å². The van der Waals surface area contributed by atoms with Gasteiger partial charge in [0.1, 0.15) is 29.0 Å². The topological polar surface area (TPSA) is 181 Å². The molecule has 0 aliphatic heterocycles. The molecule has 306 valence electrons. The SMILES string of the molecule is CCOC(=O)c1sc2c(Br)ccc(Cl)c2c1COc1c(F)cc(C(N)=O)cc1F.CCOC(=O)c1sc2c(C#N)ccc(Cl)c2c1COc1c(F)cc(C(N)=O)cc1F. The maximum atomic E-state index is 14.3. The van der Waals surface area contributed by atoms with Crippen LogP contribution in [0.2, 0.25) is 10.0 Å². The first-order chi connectivity index (χ1) is 28.0. The lowest BCUT2D eigenvalue weighted by Crippen LogP contribution is -2.13. The molecule has 4 N–H and O–H groups in total. The monoisotopic (exact) mass is 953 g/mol. The summed E-state index contributed by atoms with van der Waals surface area (Å²) >= 11 is 18.1. The number of thiophene rings is 2. The van der Waals surface area contributed by atoms with Gasteiger partial charge in [0.2, 0.25) is 11.8 Å². The Morgan fingerprint density at radius 3 is 1.47 bits per heavy atom. The van der Waals surface area contributed by atoms with E-state index in [1.807, 2.05) is 6.07 Å². The number of esters is 2. The van der Waals surface area contributed by atoms with Crippen molar-refractivity contribution in [3.8, 4) is 17.6 Å². The van der Waals surface area contributed by atoms with Crippen molar-refractivity contribution < 1.29 is 55.7 Å². The number of rotatable bonds is 12. The van der Waals surface area contributed by atoms with E-state index in [-0.39, 0.29) is 56.9 Å². The Bertz CT molecular complexity index is 2680. The van der Waals surface area contributed by atoms with Crippen LogP contribution in [0.5, 0.6) is 11.5 Å². The van der Waals surface area contributed by atoms with Crippen LogP contribution < -0.4 is 20.9 Å². The molecule has 0 radical (unpaired) electrons. The van der Waals surface area contributed by atoms with E-state index >= 15 is 0 Å². The fraction of sp³-hybridized carbons (Fsp3) is 0.154. The zero-order valence-corrected chi connectivity index (χ0v) is 35.0. The van der Waals surface area contributed by atoms with E-state index in [1.54, 1.807) is 26.0 Å². The Labute approximate surface area is 358 Å². The first kappa shape index (κ1) is 44.6. The normalized spacial score (nSPS) is 10.8. The Morgan fingerprint density at radius 2 is 1.08 bits per heavy atom. The van der Waals surface area contributed by atoms with Crippen molar-refractivity contribution in [3.05, 3.63) is 124 Å². The lowest BCUT2D eigenvalue weighted by Gasteiger charge is -2.11. The van der Waals surface area contributed by atoms with Crippen LogP contribution in [0, 0.1) is 34.6 Å². The molecule has 4 aromatic carbocycles. The second-order valence-corrected chi connectivity index (χ2v) is 15.5. The van der Waals surface area contributed by atoms with Gasteiger partial charge in [-0.3, -0.25) is 9.59 Å². The first-order valence-corrected chi connectivity index (χ1v) is 19.9. The molecule has 0 aliphatic carbocycles. The average Bonchev–Trinajstić information content (AvgIpc) is 3.77. The standard InChI is InChI=1S/C20H13ClF2N2O4S.C19H13BrClF2NO4S/c1-2-28-20(27)18-11(15-12(21)4-3-9(7-24)17(15)30-18)8-29-16-13(22)5-10(19(25)26)6-14(16)23;1-2-27-19(26)16-9(14-11(21)4-3-10(20)17(14)29-16)7-28-15-12(22)5-8(18(24)25)6-13(15)23/h3-6H,2,8H2,1H3,(H2,25,26);3-6H,2,7H2,1H3,(H2,24,25). The molecular formula is C39H26BrCl2F4N3O8S2. The summed E-state index contributed by atoms with van der Waals surface area (Å²) in [5.74, 6) is -9.15. The van der Waals surface area contributed by atoms with Crippen LogP contribution in [0.1, 0.15) is 70.6 Å². The van der Waals surface area contributed by atoms with Crippen LogP contribution in [0.25, 0.3) is 20.2 Å². The van der Waals surface area contributed by atoms with Gasteiger partial charge >= 0.3 is 11.9 Å². The van der Waals surface area contributed by atoms with Crippen molar-refractivity contribution in [2.75, 3.05) is 13.2 Å². The number of fused-ring (bicyclic) bond motifs is 2. The third kappa shape index (κ3) is 9.55. The van der Waals surface area contributed by atoms with E-state index in [2.05, 4.69) is 15.9 Å². The number of nitrogens with zero attached hydrogens (tertiary/aromatic N) is 1. The molecule has 6 aromatic rings. The fourth-order valence-electron chi connectivity index (χ4n) is 5.47. The second-order valence-electron chi connectivity index (χ2n) is 11.7. The number of amides is 2. The van der Waals surface area contributed by atoms with Crippen LogP contribution in [0.3, 0.4) is 0 Å². The lowest BCUT2D eigenvalue weighted by molar-refractivity contribution is 0.0520. The van der Waals surface area contributed by atoms with Crippen molar-refractivity contribution in [1.29, 1.82) is 5.26 Å². The zero-order chi connectivity index (χ0) is 43.3. The molecule has 11 nitrogen and oxygen atoms in total. The summed E-state index contributed by atoms with van der Waals surface area (Å²) in [7, 11) is 0. The number of carbonyl (C=O) groups is 4. The van der Waals surface area contributed by atoms with Crippen LogP contribution in [-0.4, -0.2) is 37.0 Å². The van der Waals surface area contributed by atoms with Gasteiger partial charge in [0, 0.05) is 47.5 Å². The predicted molar refractivity (Wildman–Crippen MR) is 216 cm³/mol. The first-order valence-electron chi connectivity index (χ1n) is 16.7. The second kappa shape index (κ2) is 19.1. The lowest BCUT2D eigenvalue weighted by atomic mass is 10.1. The highest BCUT2D eigenvalue weighted by molar-refractivity contribution is 9.10. The quantitative estimate of drug-likeness (QED) is 0.0891. The number of hydrogen-bond acceptors (Lipinski definition) is 11. The highest BCUT2D eigenvalue weighted by Crippen LogP contribution is 2.42. The van der Waals surface area contributed by atoms with Gasteiger partial charge in [-0.25, -0.2) is 27.2 Å². The summed E-state index contributed by atoms with van der Waals surface area (Å²) in [6, 6.07) is 11.4. The molecule has 2 aromatic heterocycles. The van der Waals surface area contributed by atoms with Gasteiger partial charge in [0.15, 0.2) is 34.8 Å². The van der Waals surface area contributed by atoms with Crippen LogP contribution in [0.15, 0.2) is 53.0 Å². The molecule has 0 atom stereocenters. The zero-order valence-electron chi connectivity index (χ0n) is 30.3. The van der Waals surface area contributed by atoms with Crippen molar-refractivity contribution in [2.45, 2.75) is 27.1 Å². The van der Waals surface area contributed by atoms with E-state index in [9.17, 15) is 42.0 Å². The number of halogens is 7.